The zero-order valence-corrected chi connectivity index (χ0v) is 17.2. The summed E-state index contributed by atoms with van der Waals surface area (Å²) in [4.78, 5) is 13.3. The van der Waals surface area contributed by atoms with Crippen molar-refractivity contribution in [3.05, 3.63) is 53.6 Å². The summed E-state index contributed by atoms with van der Waals surface area (Å²) in [6.07, 6.45) is 1.15. The van der Waals surface area contributed by atoms with Gasteiger partial charge in [0.25, 0.3) is 0 Å². The van der Waals surface area contributed by atoms with Crippen LogP contribution in [0.25, 0.3) is 11.3 Å². The Morgan fingerprint density at radius 1 is 0.964 bits per heavy atom. The molecule has 1 aliphatic rings. The molecule has 0 amide bonds. The van der Waals surface area contributed by atoms with E-state index in [4.69, 9.17) is 14.2 Å². The van der Waals surface area contributed by atoms with E-state index in [0.29, 0.717) is 34.0 Å². The maximum atomic E-state index is 13.1. The first-order chi connectivity index (χ1) is 13.1. The summed E-state index contributed by atoms with van der Waals surface area (Å²) in [6, 6.07) is 11.5. The second-order valence-corrected chi connectivity index (χ2v) is 9.02. The smallest absolute Gasteiger partial charge is 0.210 e. The van der Waals surface area contributed by atoms with E-state index in [-0.39, 0.29) is 10.7 Å². The standard InChI is InChI=1S/C21H22O6S/c1-21(2)20(22)18(16-11-8-14(25-3)12-17(16)26-4)19(27-21)13-6-9-15(10-7-13)28(5,23)24/h6-12H,1-5H3. The highest BCUT2D eigenvalue weighted by atomic mass is 32.2. The van der Waals surface area contributed by atoms with E-state index in [0.717, 1.165) is 6.26 Å². The van der Waals surface area contributed by atoms with Gasteiger partial charge in [0.2, 0.25) is 5.78 Å². The van der Waals surface area contributed by atoms with E-state index >= 15 is 0 Å². The molecule has 3 rings (SSSR count). The van der Waals surface area contributed by atoms with Gasteiger partial charge >= 0.3 is 0 Å². The van der Waals surface area contributed by atoms with Gasteiger partial charge in [-0.3, -0.25) is 4.79 Å². The maximum absolute atomic E-state index is 13.1. The normalized spacial score (nSPS) is 16.1. The third-order valence-corrected chi connectivity index (χ3v) is 5.71. The monoisotopic (exact) mass is 402 g/mol. The van der Waals surface area contributed by atoms with Crippen LogP contribution in [-0.2, 0) is 19.4 Å². The Bertz CT molecular complexity index is 1060. The lowest BCUT2D eigenvalue weighted by molar-refractivity contribution is -0.125. The lowest BCUT2D eigenvalue weighted by Gasteiger charge is -2.18. The van der Waals surface area contributed by atoms with E-state index < -0.39 is 15.4 Å². The minimum absolute atomic E-state index is 0.182. The van der Waals surface area contributed by atoms with Crippen molar-refractivity contribution in [2.75, 3.05) is 20.5 Å². The van der Waals surface area contributed by atoms with Gasteiger partial charge in [0.1, 0.15) is 17.3 Å². The van der Waals surface area contributed by atoms with Crippen LogP contribution in [0.4, 0.5) is 0 Å². The average molecular weight is 402 g/mol. The molecule has 0 aromatic heterocycles. The number of carbonyl (C=O) groups excluding carboxylic acids is 1. The highest BCUT2D eigenvalue weighted by molar-refractivity contribution is 7.90. The highest BCUT2D eigenvalue weighted by Crippen LogP contribution is 2.44. The van der Waals surface area contributed by atoms with Crippen molar-refractivity contribution >= 4 is 27.0 Å². The third kappa shape index (κ3) is 3.49. The molecule has 7 heteroatoms. The quantitative estimate of drug-likeness (QED) is 0.763. The molecule has 2 aromatic carbocycles. The number of sulfone groups is 1. The van der Waals surface area contributed by atoms with Crippen LogP contribution in [0.5, 0.6) is 11.5 Å². The van der Waals surface area contributed by atoms with Crippen LogP contribution < -0.4 is 9.47 Å². The molecule has 0 bridgehead atoms. The number of methoxy groups -OCH3 is 2. The second-order valence-electron chi connectivity index (χ2n) is 7.01. The van der Waals surface area contributed by atoms with E-state index in [9.17, 15) is 13.2 Å². The minimum atomic E-state index is -3.32. The predicted molar refractivity (Wildman–Crippen MR) is 106 cm³/mol. The van der Waals surface area contributed by atoms with Gasteiger partial charge in [-0.15, -0.1) is 0 Å². The van der Waals surface area contributed by atoms with Gasteiger partial charge in [0, 0.05) is 23.4 Å². The van der Waals surface area contributed by atoms with Crippen LogP contribution in [0, 0.1) is 0 Å². The fourth-order valence-corrected chi connectivity index (χ4v) is 3.69. The molecule has 0 spiro atoms. The molecule has 1 aliphatic heterocycles. The lowest BCUT2D eigenvalue weighted by Crippen LogP contribution is -2.29. The largest absolute Gasteiger partial charge is 0.497 e. The molecule has 6 nitrogen and oxygen atoms in total. The summed E-state index contributed by atoms with van der Waals surface area (Å²) in [5, 5.41) is 0. The number of hydrogen-bond donors (Lipinski definition) is 0. The van der Waals surface area contributed by atoms with E-state index in [1.165, 1.54) is 19.2 Å². The summed E-state index contributed by atoms with van der Waals surface area (Å²) in [5.74, 6) is 1.29. The van der Waals surface area contributed by atoms with E-state index in [2.05, 4.69) is 0 Å². The fraction of sp³-hybridized carbons (Fsp3) is 0.286. The molecule has 2 aromatic rings. The first-order valence-corrected chi connectivity index (χ1v) is 10.5. The Kier molecular flexibility index (Phi) is 4.97. The number of ketones is 1. The van der Waals surface area contributed by atoms with Crippen molar-refractivity contribution in [3.8, 4) is 11.5 Å². The number of Topliss-reactive ketones (excluding diaryl/α,β-unsaturated/α-hetero) is 1. The SMILES string of the molecule is COc1ccc(C2=C(c3ccc(S(C)(=O)=O)cc3)OC(C)(C)C2=O)c(OC)c1. The minimum Gasteiger partial charge on any atom is -0.497 e. The van der Waals surface area contributed by atoms with Crippen LogP contribution in [0.1, 0.15) is 25.0 Å². The van der Waals surface area contributed by atoms with E-state index in [1.54, 1.807) is 51.3 Å². The van der Waals surface area contributed by atoms with Crippen LogP contribution in [-0.4, -0.2) is 40.3 Å². The van der Waals surface area contributed by atoms with Gasteiger partial charge in [0.15, 0.2) is 15.4 Å². The molecule has 0 N–H and O–H groups in total. The molecule has 0 aliphatic carbocycles. The lowest BCUT2D eigenvalue weighted by atomic mass is 9.92. The van der Waals surface area contributed by atoms with Crippen molar-refractivity contribution in [2.45, 2.75) is 24.3 Å². The molecule has 1 heterocycles. The second kappa shape index (κ2) is 6.98. The topological polar surface area (TPSA) is 78.9 Å². The Labute approximate surface area is 164 Å². The number of carbonyl (C=O) groups is 1. The summed E-state index contributed by atoms with van der Waals surface area (Å²) in [6.45, 7) is 3.40. The summed E-state index contributed by atoms with van der Waals surface area (Å²) in [5.41, 5.74) is 0.530. The van der Waals surface area contributed by atoms with Crippen LogP contribution in [0.3, 0.4) is 0 Å². The Balaban J connectivity index is 2.21. The Morgan fingerprint density at radius 3 is 2.14 bits per heavy atom. The number of benzene rings is 2. The zero-order valence-electron chi connectivity index (χ0n) is 16.4. The fourth-order valence-electron chi connectivity index (χ4n) is 3.06. The van der Waals surface area contributed by atoms with Gasteiger partial charge in [-0.1, -0.05) is 0 Å². The molecule has 0 saturated heterocycles. The molecule has 0 radical (unpaired) electrons. The molecule has 0 unspecified atom stereocenters. The van der Waals surface area contributed by atoms with Crippen molar-refractivity contribution in [1.29, 1.82) is 0 Å². The number of hydrogen-bond acceptors (Lipinski definition) is 6. The van der Waals surface area contributed by atoms with Crippen molar-refractivity contribution in [1.82, 2.24) is 0 Å². The summed E-state index contributed by atoms with van der Waals surface area (Å²) in [7, 11) is -0.249. The van der Waals surface area contributed by atoms with E-state index in [1.807, 2.05) is 0 Å². The molecule has 0 atom stereocenters. The van der Waals surface area contributed by atoms with Crippen LogP contribution in [0.2, 0.25) is 0 Å². The van der Waals surface area contributed by atoms with Gasteiger partial charge in [-0.05, 0) is 50.2 Å². The number of rotatable bonds is 5. The van der Waals surface area contributed by atoms with Gasteiger partial charge in [-0.2, -0.15) is 0 Å². The average Bonchev–Trinajstić information content (AvgIpc) is 2.90. The summed E-state index contributed by atoms with van der Waals surface area (Å²) < 4.78 is 40.1. The molecular weight excluding hydrogens is 380 g/mol. The molecule has 148 valence electrons. The van der Waals surface area contributed by atoms with Crippen LogP contribution in [0.15, 0.2) is 47.4 Å². The molecule has 0 fully saturated rings. The predicted octanol–water partition coefficient (Wildman–Crippen LogP) is 3.35. The molecule has 28 heavy (non-hydrogen) atoms. The Hall–Kier alpha value is -2.80. The van der Waals surface area contributed by atoms with Crippen molar-refractivity contribution in [3.63, 3.8) is 0 Å². The van der Waals surface area contributed by atoms with Gasteiger partial charge < -0.3 is 14.2 Å². The highest BCUT2D eigenvalue weighted by Gasteiger charge is 2.43. The van der Waals surface area contributed by atoms with Crippen molar-refractivity contribution < 1.29 is 27.4 Å². The summed E-state index contributed by atoms with van der Waals surface area (Å²) >= 11 is 0. The molecular formula is C21H22O6S. The first-order valence-electron chi connectivity index (χ1n) is 8.59. The first kappa shape index (κ1) is 19.9. The van der Waals surface area contributed by atoms with Gasteiger partial charge in [-0.25, -0.2) is 8.42 Å². The number of ether oxygens (including phenoxy) is 3. The molecule has 0 saturated carbocycles. The zero-order chi connectivity index (χ0) is 20.7. The maximum Gasteiger partial charge on any atom is 0.210 e. The van der Waals surface area contributed by atoms with Crippen molar-refractivity contribution in [2.24, 2.45) is 0 Å². The van der Waals surface area contributed by atoms with Crippen LogP contribution >= 0.6 is 0 Å². The van der Waals surface area contributed by atoms with Gasteiger partial charge in [0.05, 0.1) is 24.7 Å². The third-order valence-electron chi connectivity index (χ3n) is 4.58. The Morgan fingerprint density at radius 2 is 1.61 bits per heavy atom.